The summed E-state index contributed by atoms with van der Waals surface area (Å²) in [5.41, 5.74) is 1.51. The van der Waals surface area contributed by atoms with Crippen LogP contribution in [0.2, 0.25) is 0 Å². The zero-order chi connectivity index (χ0) is 28.4. The van der Waals surface area contributed by atoms with Gasteiger partial charge in [-0.25, -0.2) is 9.79 Å². The van der Waals surface area contributed by atoms with E-state index in [9.17, 15) is 14.4 Å². The highest BCUT2D eigenvalue weighted by atomic mass is 79.9. The predicted octanol–water partition coefficient (Wildman–Crippen LogP) is 5.04. The number of carbonyl (C=O) groups is 2. The topological polar surface area (TPSA) is 96.2 Å². The number of hydrogen-bond acceptors (Lipinski definition) is 8. The van der Waals surface area contributed by atoms with Gasteiger partial charge in [0.1, 0.15) is 11.8 Å². The molecule has 0 radical (unpaired) electrons. The lowest BCUT2D eigenvalue weighted by Crippen LogP contribution is -2.40. The van der Waals surface area contributed by atoms with Crippen molar-refractivity contribution in [3.8, 4) is 11.5 Å². The summed E-state index contributed by atoms with van der Waals surface area (Å²) in [6.07, 6.45) is 1.52. The van der Waals surface area contributed by atoms with Gasteiger partial charge < -0.3 is 14.2 Å². The molecule has 4 rings (SSSR count). The molecule has 0 fully saturated rings. The van der Waals surface area contributed by atoms with Gasteiger partial charge in [0.2, 0.25) is 0 Å². The molecule has 0 N–H and O–H groups in total. The smallest absolute Gasteiger partial charge is 0.338 e. The molecule has 0 saturated carbocycles. The Morgan fingerprint density at radius 1 is 1.21 bits per heavy atom. The van der Waals surface area contributed by atoms with Crippen LogP contribution in [0.5, 0.6) is 11.5 Å². The fourth-order valence-electron chi connectivity index (χ4n) is 4.23. The summed E-state index contributed by atoms with van der Waals surface area (Å²) in [7, 11) is 0. The molecule has 204 valence electrons. The van der Waals surface area contributed by atoms with Crippen molar-refractivity contribution in [3.05, 3.63) is 87.4 Å². The Morgan fingerprint density at radius 2 is 1.92 bits per heavy atom. The average molecular weight is 678 g/mol. The molecule has 2 aromatic carbocycles. The van der Waals surface area contributed by atoms with Crippen LogP contribution in [0.1, 0.15) is 51.8 Å². The number of ether oxygens (including phenoxy) is 3. The lowest BCUT2D eigenvalue weighted by Gasteiger charge is -2.26. The quantitative estimate of drug-likeness (QED) is 0.257. The van der Waals surface area contributed by atoms with Crippen LogP contribution in [-0.4, -0.2) is 29.2 Å². The lowest BCUT2D eigenvalue weighted by molar-refractivity contribution is -0.139. The van der Waals surface area contributed by atoms with Crippen molar-refractivity contribution in [3.63, 3.8) is 0 Å². The monoisotopic (exact) mass is 676 g/mol. The lowest BCUT2D eigenvalue weighted by atomic mass is 9.95. The summed E-state index contributed by atoms with van der Waals surface area (Å²) in [6, 6.07) is 10.0. The maximum absolute atomic E-state index is 14.0. The summed E-state index contributed by atoms with van der Waals surface area (Å²) in [6.45, 7) is 8.76. The van der Waals surface area contributed by atoms with Crippen LogP contribution < -0.4 is 24.4 Å². The third kappa shape index (κ3) is 6.10. The normalized spacial score (nSPS) is 15.2. The molecule has 2 heterocycles. The third-order valence-corrected chi connectivity index (χ3v) is 7.69. The van der Waals surface area contributed by atoms with Crippen LogP contribution in [-0.2, 0) is 14.3 Å². The molecule has 0 spiro atoms. The van der Waals surface area contributed by atoms with E-state index in [-0.39, 0.29) is 29.6 Å². The van der Waals surface area contributed by atoms with Crippen LogP contribution in [0.25, 0.3) is 6.08 Å². The number of hydrogen-bond donors (Lipinski definition) is 0. The molecule has 0 aliphatic carbocycles. The number of para-hydroxylation sites is 1. The predicted molar refractivity (Wildman–Crippen MR) is 156 cm³/mol. The largest absolute Gasteiger partial charge is 0.491 e. The third-order valence-electron chi connectivity index (χ3n) is 5.66. The van der Waals surface area contributed by atoms with Crippen LogP contribution in [0.15, 0.2) is 66.4 Å². The van der Waals surface area contributed by atoms with E-state index in [1.807, 2.05) is 38.1 Å². The molecule has 0 saturated heterocycles. The van der Waals surface area contributed by atoms with Gasteiger partial charge in [-0.3, -0.25) is 14.2 Å². The molecule has 0 amide bonds. The number of halogens is 2. The van der Waals surface area contributed by atoms with Gasteiger partial charge in [-0.15, -0.1) is 0 Å². The van der Waals surface area contributed by atoms with Gasteiger partial charge in [0.15, 0.2) is 10.6 Å². The Balaban J connectivity index is 2.01. The number of allylic oxidation sites excluding steroid dienone is 1. The number of carbonyl (C=O) groups excluding carboxylic acids is 2. The van der Waals surface area contributed by atoms with Crippen molar-refractivity contribution >= 4 is 61.2 Å². The van der Waals surface area contributed by atoms with Gasteiger partial charge in [0.25, 0.3) is 5.56 Å². The van der Waals surface area contributed by atoms with Gasteiger partial charge >= 0.3 is 11.9 Å². The first-order valence-electron chi connectivity index (χ1n) is 12.1. The highest BCUT2D eigenvalue weighted by Gasteiger charge is 2.35. The zero-order valence-electron chi connectivity index (χ0n) is 21.9. The number of benzene rings is 2. The first-order valence-corrected chi connectivity index (χ1v) is 14.5. The summed E-state index contributed by atoms with van der Waals surface area (Å²) >= 11 is 8.06. The van der Waals surface area contributed by atoms with E-state index in [4.69, 9.17) is 14.2 Å². The molecule has 1 atom stereocenters. The van der Waals surface area contributed by atoms with Crippen molar-refractivity contribution in [1.82, 2.24) is 4.57 Å². The number of aromatic nitrogens is 1. The van der Waals surface area contributed by atoms with E-state index in [0.717, 1.165) is 4.47 Å². The van der Waals surface area contributed by atoms with E-state index in [1.165, 1.54) is 22.8 Å². The molecular formula is C28H26Br2N2O6S. The highest BCUT2D eigenvalue weighted by Crippen LogP contribution is 2.37. The van der Waals surface area contributed by atoms with Crippen LogP contribution in [0, 0.1) is 0 Å². The second-order valence-electron chi connectivity index (χ2n) is 8.91. The number of nitrogens with zero attached hydrogens (tertiary/aromatic N) is 2. The minimum atomic E-state index is -0.820. The molecule has 39 heavy (non-hydrogen) atoms. The van der Waals surface area contributed by atoms with Crippen LogP contribution >= 0.6 is 43.2 Å². The maximum atomic E-state index is 14.0. The Kier molecular flexibility index (Phi) is 8.93. The second kappa shape index (κ2) is 12.0. The standard InChI is InChI=1S/C28H26Br2N2O6S/c1-6-36-27(35)23-15(4)31-28-32(24(23)19-9-7-8-10-21(19)37-14(2)3)26(34)22(39-28)12-17-11-18(29)13-20(30)25(17)38-16(5)33/h7-14,24H,6H2,1-5H3/b22-12-/t24-/m0/s1. The summed E-state index contributed by atoms with van der Waals surface area (Å²) in [5.74, 6) is -0.208. The molecule has 1 aromatic heterocycles. The Labute approximate surface area is 245 Å². The van der Waals surface area contributed by atoms with Crippen molar-refractivity contribution in [2.45, 2.75) is 46.8 Å². The van der Waals surface area contributed by atoms with E-state index in [2.05, 4.69) is 36.9 Å². The van der Waals surface area contributed by atoms with Gasteiger partial charge in [0, 0.05) is 22.5 Å². The first kappa shape index (κ1) is 29.0. The molecule has 0 unspecified atom stereocenters. The zero-order valence-corrected chi connectivity index (χ0v) is 25.9. The summed E-state index contributed by atoms with van der Waals surface area (Å²) in [5, 5.41) is 0. The van der Waals surface area contributed by atoms with Crippen molar-refractivity contribution in [1.29, 1.82) is 0 Å². The first-order chi connectivity index (χ1) is 18.5. The van der Waals surface area contributed by atoms with E-state index in [1.54, 1.807) is 32.1 Å². The fourth-order valence-corrected chi connectivity index (χ4v) is 6.61. The molecular weight excluding hydrogens is 652 g/mol. The van der Waals surface area contributed by atoms with Gasteiger partial charge in [-0.1, -0.05) is 45.5 Å². The number of rotatable bonds is 7. The van der Waals surface area contributed by atoms with Crippen molar-refractivity contribution in [2.24, 2.45) is 4.99 Å². The van der Waals surface area contributed by atoms with E-state index >= 15 is 0 Å². The highest BCUT2D eigenvalue weighted by molar-refractivity contribution is 9.11. The van der Waals surface area contributed by atoms with Gasteiger partial charge in [-0.2, -0.15) is 0 Å². The van der Waals surface area contributed by atoms with Crippen molar-refractivity contribution < 1.29 is 23.8 Å². The molecule has 1 aliphatic rings. The van der Waals surface area contributed by atoms with Gasteiger partial charge in [-0.05, 0) is 67.9 Å². The Morgan fingerprint density at radius 3 is 2.59 bits per heavy atom. The second-order valence-corrected chi connectivity index (χ2v) is 11.7. The fraction of sp³-hybridized carbons (Fsp3) is 0.286. The van der Waals surface area contributed by atoms with E-state index < -0.39 is 18.0 Å². The summed E-state index contributed by atoms with van der Waals surface area (Å²) < 4.78 is 20.0. The minimum Gasteiger partial charge on any atom is -0.491 e. The molecule has 11 heteroatoms. The molecule has 8 nitrogen and oxygen atoms in total. The number of thiazole rings is 1. The summed E-state index contributed by atoms with van der Waals surface area (Å²) in [4.78, 5) is 44.0. The molecule has 0 bridgehead atoms. The Bertz CT molecular complexity index is 1670. The van der Waals surface area contributed by atoms with Crippen molar-refractivity contribution in [2.75, 3.05) is 6.61 Å². The maximum Gasteiger partial charge on any atom is 0.338 e. The minimum absolute atomic E-state index is 0.132. The van der Waals surface area contributed by atoms with Gasteiger partial charge in [0.05, 0.1) is 33.0 Å². The molecule has 1 aliphatic heterocycles. The number of fused-ring (bicyclic) bond motifs is 1. The van der Waals surface area contributed by atoms with E-state index in [0.29, 0.717) is 36.4 Å². The van der Waals surface area contributed by atoms with Crippen LogP contribution in [0.3, 0.4) is 0 Å². The number of esters is 2. The molecule has 3 aromatic rings. The van der Waals surface area contributed by atoms with Crippen LogP contribution in [0.4, 0.5) is 0 Å². The Hall–Kier alpha value is -3.02. The average Bonchev–Trinajstić information content (AvgIpc) is 3.14. The SMILES string of the molecule is CCOC(=O)C1=C(C)N=c2s/c(=C\c3cc(Br)cc(Br)c3OC(C)=O)c(=O)n2[C@H]1c1ccccc1OC(C)C.